The van der Waals surface area contributed by atoms with Gasteiger partial charge < -0.3 is 4.42 Å². The molecule has 0 aliphatic heterocycles. The Morgan fingerprint density at radius 2 is 0.855 bits per heavy atom. The van der Waals surface area contributed by atoms with Crippen LogP contribution in [0.3, 0.4) is 0 Å². The third-order valence-electron chi connectivity index (χ3n) is 10.7. The van der Waals surface area contributed by atoms with Crippen LogP contribution in [0.25, 0.3) is 111 Å². The van der Waals surface area contributed by atoms with Gasteiger partial charge in [-0.2, -0.15) is 0 Å². The molecule has 0 saturated carbocycles. The number of rotatable bonds is 5. The van der Waals surface area contributed by atoms with Crippen molar-refractivity contribution in [2.45, 2.75) is 0 Å². The predicted octanol–water partition coefficient (Wildman–Crippen LogP) is 13.6. The molecule has 0 saturated heterocycles. The summed E-state index contributed by atoms with van der Waals surface area (Å²) in [6, 6.07) is 65.9. The fourth-order valence-corrected chi connectivity index (χ4v) is 8.01. The summed E-state index contributed by atoms with van der Waals surface area (Å²) in [6.45, 7) is 0. The quantitative estimate of drug-likeness (QED) is 0.132. The Bertz CT molecular complexity index is 3260. The Morgan fingerprint density at radius 3 is 1.67 bits per heavy atom. The lowest BCUT2D eigenvalue weighted by Crippen LogP contribution is -2.00. The second-order valence-corrected chi connectivity index (χ2v) is 14.0. The summed E-state index contributed by atoms with van der Waals surface area (Å²) in [6.07, 6.45) is 0. The lowest BCUT2D eigenvalue weighted by molar-refractivity contribution is 0.669. The molecule has 0 unspecified atom stereocenters. The predicted molar refractivity (Wildman–Crippen MR) is 227 cm³/mol. The molecular formula is C51H31N3O. The van der Waals surface area contributed by atoms with Crippen LogP contribution >= 0.6 is 0 Å². The van der Waals surface area contributed by atoms with Gasteiger partial charge >= 0.3 is 0 Å². The highest BCUT2D eigenvalue weighted by Crippen LogP contribution is 2.40. The van der Waals surface area contributed by atoms with Gasteiger partial charge in [-0.1, -0.05) is 152 Å². The molecule has 0 fully saturated rings. The van der Waals surface area contributed by atoms with E-state index < -0.39 is 0 Å². The molecule has 4 nitrogen and oxygen atoms in total. The zero-order valence-electron chi connectivity index (χ0n) is 29.6. The van der Waals surface area contributed by atoms with Gasteiger partial charge in [0, 0.05) is 27.5 Å². The van der Waals surface area contributed by atoms with E-state index in [1.807, 2.05) is 36.4 Å². The molecule has 2 aromatic heterocycles. The normalized spacial score (nSPS) is 11.6. The van der Waals surface area contributed by atoms with Crippen LogP contribution in [-0.4, -0.2) is 15.0 Å². The molecule has 0 bridgehead atoms. The van der Waals surface area contributed by atoms with Crippen LogP contribution in [0.2, 0.25) is 0 Å². The SMILES string of the molecule is c1ccc(-c2cccc(-c3nc(-c4ccc(-c5c6ccccc6cc6c5ccc5ccccc56)cc4)nc(-c4ccc5oc6ccccc6c5c4)n3)c2)cc1. The number of hydrogen-bond acceptors (Lipinski definition) is 4. The van der Waals surface area contributed by atoms with Crippen LogP contribution in [0.4, 0.5) is 0 Å². The van der Waals surface area contributed by atoms with Gasteiger partial charge in [0.2, 0.25) is 0 Å². The molecule has 0 atom stereocenters. The molecule has 0 spiro atoms. The molecular weight excluding hydrogens is 671 g/mol. The maximum absolute atomic E-state index is 6.15. The van der Waals surface area contributed by atoms with Gasteiger partial charge in [-0.15, -0.1) is 0 Å². The highest BCUT2D eigenvalue weighted by Gasteiger charge is 2.17. The average Bonchev–Trinajstić information content (AvgIpc) is 3.64. The largest absolute Gasteiger partial charge is 0.456 e. The minimum atomic E-state index is 0.605. The van der Waals surface area contributed by atoms with E-state index in [1.54, 1.807) is 0 Å². The molecule has 256 valence electrons. The Balaban J connectivity index is 1.08. The third-order valence-corrected chi connectivity index (χ3v) is 10.7. The van der Waals surface area contributed by atoms with Gasteiger partial charge in [-0.3, -0.25) is 0 Å². The number of para-hydroxylation sites is 1. The van der Waals surface area contributed by atoms with E-state index in [0.717, 1.165) is 55.3 Å². The smallest absolute Gasteiger partial charge is 0.164 e. The molecule has 11 aromatic rings. The number of fused-ring (bicyclic) bond motifs is 7. The van der Waals surface area contributed by atoms with E-state index in [0.29, 0.717) is 17.5 Å². The fraction of sp³-hybridized carbons (Fsp3) is 0. The van der Waals surface area contributed by atoms with Crippen LogP contribution in [-0.2, 0) is 0 Å². The van der Waals surface area contributed by atoms with Crippen molar-refractivity contribution in [2.24, 2.45) is 0 Å². The highest BCUT2D eigenvalue weighted by atomic mass is 16.3. The summed E-state index contributed by atoms with van der Waals surface area (Å²) in [5, 5.41) is 9.52. The van der Waals surface area contributed by atoms with Crippen molar-refractivity contribution in [3.63, 3.8) is 0 Å². The summed E-state index contributed by atoms with van der Waals surface area (Å²) in [4.78, 5) is 15.4. The Hall–Kier alpha value is -7.43. The molecule has 55 heavy (non-hydrogen) atoms. The van der Waals surface area contributed by atoms with E-state index in [9.17, 15) is 0 Å². The first-order valence-corrected chi connectivity index (χ1v) is 18.5. The minimum absolute atomic E-state index is 0.605. The second-order valence-electron chi connectivity index (χ2n) is 14.0. The van der Waals surface area contributed by atoms with E-state index in [4.69, 9.17) is 19.4 Å². The Kier molecular flexibility index (Phi) is 7.14. The lowest BCUT2D eigenvalue weighted by atomic mass is 9.89. The number of hydrogen-bond donors (Lipinski definition) is 0. The van der Waals surface area contributed by atoms with E-state index in [-0.39, 0.29) is 0 Å². The van der Waals surface area contributed by atoms with Crippen molar-refractivity contribution in [3.05, 3.63) is 188 Å². The molecule has 2 heterocycles. The third kappa shape index (κ3) is 5.34. The van der Waals surface area contributed by atoms with Crippen LogP contribution in [0.1, 0.15) is 0 Å². The lowest BCUT2D eigenvalue weighted by Gasteiger charge is -2.14. The van der Waals surface area contributed by atoms with Crippen molar-refractivity contribution in [1.82, 2.24) is 15.0 Å². The Morgan fingerprint density at radius 1 is 0.273 bits per heavy atom. The minimum Gasteiger partial charge on any atom is -0.456 e. The fourth-order valence-electron chi connectivity index (χ4n) is 8.01. The number of benzene rings is 9. The number of furan rings is 1. The first kappa shape index (κ1) is 31.1. The van der Waals surface area contributed by atoms with Gasteiger partial charge in [-0.25, -0.2) is 15.0 Å². The molecule has 11 rings (SSSR count). The van der Waals surface area contributed by atoms with Gasteiger partial charge in [0.05, 0.1) is 0 Å². The zero-order valence-corrected chi connectivity index (χ0v) is 29.6. The summed E-state index contributed by atoms with van der Waals surface area (Å²) in [5.41, 5.74) is 9.03. The van der Waals surface area contributed by atoms with Crippen molar-refractivity contribution in [1.29, 1.82) is 0 Å². The van der Waals surface area contributed by atoms with Gasteiger partial charge in [-0.05, 0) is 91.0 Å². The van der Waals surface area contributed by atoms with E-state index >= 15 is 0 Å². The number of aromatic nitrogens is 3. The molecule has 0 amide bonds. The summed E-state index contributed by atoms with van der Waals surface area (Å²) >= 11 is 0. The van der Waals surface area contributed by atoms with Crippen LogP contribution in [0.5, 0.6) is 0 Å². The van der Waals surface area contributed by atoms with Crippen molar-refractivity contribution in [3.8, 4) is 56.4 Å². The molecule has 0 aliphatic carbocycles. The van der Waals surface area contributed by atoms with Gasteiger partial charge in [0.15, 0.2) is 17.5 Å². The highest BCUT2D eigenvalue weighted by molar-refractivity contribution is 6.20. The van der Waals surface area contributed by atoms with Crippen molar-refractivity contribution in [2.75, 3.05) is 0 Å². The van der Waals surface area contributed by atoms with Crippen LogP contribution in [0.15, 0.2) is 192 Å². The second kappa shape index (κ2) is 12.6. The van der Waals surface area contributed by atoms with E-state index in [2.05, 4.69) is 152 Å². The first-order valence-electron chi connectivity index (χ1n) is 18.5. The monoisotopic (exact) mass is 701 g/mol. The number of nitrogens with zero attached hydrogens (tertiary/aromatic N) is 3. The maximum Gasteiger partial charge on any atom is 0.164 e. The standard InChI is InChI=1S/C51H31N3O/c1-2-11-32(12-3-1)36-15-10-16-38(29-36)50-52-49(53-51(54-50)39-26-28-47-45(31-39)42-19-8-9-20-46(42)55-47)35-23-21-34(22-24-35)48-41-18-7-5-14-37(41)30-44-40-17-6-4-13-33(40)25-27-43(44)48/h1-31H. The Labute approximate surface area is 317 Å². The van der Waals surface area contributed by atoms with E-state index in [1.165, 1.54) is 37.9 Å². The summed E-state index contributed by atoms with van der Waals surface area (Å²) < 4.78 is 6.15. The molecule has 9 aromatic carbocycles. The maximum atomic E-state index is 6.15. The molecule has 0 N–H and O–H groups in total. The summed E-state index contributed by atoms with van der Waals surface area (Å²) in [5.74, 6) is 1.84. The van der Waals surface area contributed by atoms with Crippen molar-refractivity contribution >= 4 is 54.3 Å². The molecule has 4 heteroatoms. The van der Waals surface area contributed by atoms with Crippen LogP contribution in [0, 0.1) is 0 Å². The first-order chi connectivity index (χ1) is 27.2. The van der Waals surface area contributed by atoms with Gasteiger partial charge in [0.1, 0.15) is 11.2 Å². The molecule has 0 aliphatic rings. The van der Waals surface area contributed by atoms with Crippen LogP contribution < -0.4 is 0 Å². The summed E-state index contributed by atoms with van der Waals surface area (Å²) in [7, 11) is 0. The topological polar surface area (TPSA) is 51.8 Å². The molecule has 0 radical (unpaired) electrons. The van der Waals surface area contributed by atoms with Gasteiger partial charge in [0.25, 0.3) is 0 Å². The average molecular weight is 702 g/mol. The zero-order chi connectivity index (χ0) is 36.3. The van der Waals surface area contributed by atoms with Crippen molar-refractivity contribution < 1.29 is 4.42 Å².